The van der Waals surface area contributed by atoms with Crippen molar-refractivity contribution in [2.75, 3.05) is 5.32 Å². The Morgan fingerprint density at radius 1 is 1.21 bits per heavy atom. The number of carbonyl (C=O) groups excluding carboxylic acids is 1. The van der Waals surface area contributed by atoms with Gasteiger partial charge in [0.1, 0.15) is 6.54 Å². The molecule has 0 spiro atoms. The molecular formula is C18H16ClN3O2. The molecule has 1 aromatic heterocycles. The van der Waals surface area contributed by atoms with Crippen molar-refractivity contribution in [1.82, 2.24) is 9.55 Å². The lowest BCUT2D eigenvalue weighted by Crippen LogP contribution is -2.28. The van der Waals surface area contributed by atoms with Crippen molar-refractivity contribution < 1.29 is 4.79 Å². The number of carbonyl (C=O) groups is 1. The number of para-hydroxylation sites is 1. The fraction of sp³-hybridized carbons (Fsp3) is 0.167. The number of nitrogens with one attached hydrogen (secondary N) is 1. The van der Waals surface area contributed by atoms with Crippen molar-refractivity contribution in [1.29, 1.82) is 0 Å². The summed E-state index contributed by atoms with van der Waals surface area (Å²) < 4.78 is 1.28. The van der Waals surface area contributed by atoms with Crippen molar-refractivity contribution >= 4 is 34.1 Å². The van der Waals surface area contributed by atoms with Crippen molar-refractivity contribution in [3.63, 3.8) is 0 Å². The summed E-state index contributed by atoms with van der Waals surface area (Å²) in [5.74, 6) is -0.280. The number of rotatable bonds is 3. The number of aryl methyl sites for hydroxylation is 2. The number of fused-ring (bicyclic) bond motifs is 1. The van der Waals surface area contributed by atoms with E-state index in [1.165, 1.54) is 10.9 Å². The Morgan fingerprint density at radius 3 is 2.62 bits per heavy atom. The Hall–Kier alpha value is -2.66. The second-order valence-electron chi connectivity index (χ2n) is 5.65. The van der Waals surface area contributed by atoms with Gasteiger partial charge >= 0.3 is 0 Å². The topological polar surface area (TPSA) is 64.0 Å². The van der Waals surface area contributed by atoms with Crippen LogP contribution < -0.4 is 10.9 Å². The van der Waals surface area contributed by atoms with E-state index < -0.39 is 0 Å². The van der Waals surface area contributed by atoms with Crippen molar-refractivity contribution in [3.8, 4) is 0 Å². The van der Waals surface area contributed by atoms with Crippen LogP contribution >= 0.6 is 11.6 Å². The Bertz CT molecular complexity index is 975. The van der Waals surface area contributed by atoms with E-state index in [4.69, 9.17) is 11.6 Å². The lowest BCUT2D eigenvalue weighted by atomic mass is 10.1. The third-order valence-electron chi connectivity index (χ3n) is 3.85. The second kappa shape index (κ2) is 6.45. The van der Waals surface area contributed by atoms with Crippen LogP contribution in [-0.4, -0.2) is 15.5 Å². The summed E-state index contributed by atoms with van der Waals surface area (Å²) in [5, 5.41) is 3.71. The average molecular weight is 342 g/mol. The number of benzene rings is 2. The molecule has 1 N–H and O–H groups in total. The van der Waals surface area contributed by atoms with Crippen molar-refractivity contribution in [2.45, 2.75) is 20.4 Å². The van der Waals surface area contributed by atoms with Gasteiger partial charge in [-0.3, -0.25) is 14.2 Å². The fourth-order valence-corrected chi connectivity index (χ4v) is 2.76. The number of hydrogen-bond acceptors (Lipinski definition) is 3. The molecular weight excluding hydrogens is 326 g/mol. The Labute approximate surface area is 143 Å². The normalized spacial score (nSPS) is 10.8. The average Bonchev–Trinajstić information content (AvgIpc) is 2.54. The van der Waals surface area contributed by atoms with E-state index in [0.29, 0.717) is 15.9 Å². The minimum atomic E-state index is -0.292. The molecule has 1 amide bonds. The summed E-state index contributed by atoms with van der Waals surface area (Å²) in [7, 11) is 0. The molecule has 6 heteroatoms. The van der Waals surface area contributed by atoms with Crippen molar-refractivity contribution in [3.05, 3.63) is 69.2 Å². The van der Waals surface area contributed by atoms with Crippen LogP contribution in [-0.2, 0) is 11.3 Å². The van der Waals surface area contributed by atoms with Gasteiger partial charge in [-0.1, -0.05) is 29.8 Å². The first-order valence-electron chi connectivity index (χ1n) is 7.46. The van der Waals surface area contributed by atoms with E-state index in [1.54, 1.807) is 18.2 Å². The summed E-state index contributed by atoms with van der Waals surface area (Å²) in [6, 6.07) is 10.7. The summed E-state index contributed by atoms with van der Waals surface area (Å²) in [6.07, 6.45) is 1.38. The third kappa shape index (κ3) is 3.16. The molecule has 5 nitrogen and oxygen atoms in total. The number of nitrogens with zero attached hydrogens (tertiary/aromatic N) is 2. The van der Waals surface area contributed by atoms with Crippen LogP contribution in [0.4, 0.5) is 5.69 Å². The summed E-state index contributed by atoms with van der Waals surface area (Å²) in [4.78, 5) is 29.0. The van der Waals surface area contributed by atoms with Gasteiger partial charge in [-0.15, -0.1) is 0 Å². The summed E-state index contributed by atoms with van der Waals surface area (Å²) in [6.45, 7) is 3.74. The first kappa shape index (κ1) is 16.2. The molecule has 24 heavy (non-hydrogen) atoms. The predicted molar refractivity (Wildman–Crippen MR) is 95.6 cm³/mol. The SMILES string of the molecule is Cc1cccc(C)c1NC(=O)Cn1cnc2ccc(Cl)cc2c1=O. The molecule has 3 rings (SSSR count). The molecule has 0 aliphatic rings. The van der Waals surface area contributed by atoms with Crippen LogP contribution in [0.1, 0.15) is 11.1 Å². The minimum absolute atomic E-state index is 0.109. The first-order valence-corrected chi connectivity index (χ1v) is 7.84. The molecule has 0 atom stereocenters. The molecule has 0 saturated carbocycles. The van der Waals surface area contributed by atoms with Gasteiger partial charge < -0.3 is 5.32 Å². The first-order chi connectivity index (χ1) is 11.5. The Kier molecular flexibility index (Phi) is 4.36. The quantitative estimate of drug-likeness (QED) is 0.795. The van der Waals surface area contributed by atoms with Gasteiger partial charge in [0.25, 0.3) is 5.56 Å². The highest BCUT2D eigenvalue weighted by Gasteiger charge is 2.11. The molecule has 0 saturated heterocycles. The molecule has 1 heterocycles. The third-order valence-corrected chi connectivity index (χ3v) is 4.08. The van der Waals surface area contributed by atoms with Crippen LogP contribution in [0.3, 0.4) is 0 Å². The lowest BCUT2D eigenvalue weighted by Gasteiger charge is -2.12. The number of aromatic nitrogens is 2. The minimum Gasteiger partial charge on any atom is -0.324 e. The Balaban J connectivity index is 1.88. The number of halogens is 1. The predicted octanol–water partition coefficient (Wildman–Crippen LogP) is 3.31. The highest BCUT2D eigenvalue weighted by molar-refractivity contribution is 6.31. The van der Waals surface area contributed by atoms with Gasteiger partial charge in [-0.05, 0) is 43.2 Å². The van der Waals surface area contributed by atoms with Crippen LogP contribution in [0.15, 0.2) is 47.5 Å². The largest absolute Gasteiger partial charge is 0.324 e. The standard InChI is InChI=1S/C18H16ClN3O2/c1-11-4-3-5-12(2)17(11)21-16(23)9-22-10-20-15-7-6-13(19)8-14(15)18(22)24/h3-8,10H,9H2,1-2H3,(H,21,23). The molecule has 0 fully saturated rings. The van der Waals surface area contributed by atoms with E-state index in [1.807, 2.05) is 32.0 Å². The van der Waals surface area contributed by atoms with E-state index in [9.17, 15) is 9.59 Å². The van der Waals surface area contributed by atoms with Crippen LogP contribution in [0.2, 0.25) is 5.02 Å². The van der Waals surface area contributed by atoms with Crippen LogP contribution in [0, 0.1) is 13.8 Å². The van der Waals surface area contributed by atoms with E-state index in [2.05, 4.69) is 10.3 Å². The maximum Gasteiger partial charge on any atom is 0.261 e. The molecule has 3 aromatic rings. The highest BCUT2D eigenvalue weighted by atomic mass is 35.5. The van der Waals surface area contributed by atoms with Gasteiger partial charge in [0, 0.05) is 10.7 Å². The molecule has 0 bridgehead atoms. The van der Waals surface area contributed by atoms with E-state index >= 15 is 0 Å². The maximum atomic E-state index is 12.5. The van der Waals surface area contributed by atoms with Gasteiger partial charge in [0.2, 0.25) is 5.91 Å². The number of amides is 1. The molecule has 2 aromatic carbocycles. The summed E-state index contributed by atoms with van der Waals surface area (Å²) in [5.41, 5.74) is 2.97. The monoisotopic (exact) mass is 341 g/mol. The van der Waals surface area contributed by atoms with E-state index in [0.717, 1.165) is 16.8 Å². The lowest BCUT2D eigenvalue weighted by molar-refractivity contribution is -0.116. The van der Waals surface area contributed by atoms with Crippen molar-refractivity contribution in [2.24, 2.45) is 0 Å². The molecule has 0 aliphatic carbocycles. The van der Waals surface area contributed by atoms with Gasteiger partial charge in [-0.2, -0.15) is 0 Å². The zero-order valence-electron chi connectivity index (χ0n) is 13.3. The fourth-order valence-electron chi connectivity index (χ4n) is 2.59. The Morgan fingerprint density at radius 2 is 1.92 bits per heavy atom. The summed E-state index contributed by atoms with van der Waals surface area (Å²) >= 11 is 5.94. The van der Waals surface area contributed by atoms with E-state index in [-0.39, 0.29) is 18.0 Å². The molecule has 122 valence electrons. The van der Waals surface area contributed by atoms with Crippen LogP contribution in [0.5, 0.6) is 0 Å². The highest BCUT2D eigenvalue weighted by Crippen LogP contribution is 2.19. The molecule has 0 radical (unpaired) electrons. The zero-order chi connectivity index (χ0) is 17.3. The smallest absolute Gasteiger partial charge is 0.261 e. The van der Waals surface area contributed by atoms with Gasteiger partial charge in [0.05, 0.1) is 17.2 Å². The zero-order valence-corrected chi connectivity index (χ0v) is 14.1. The van der Waals surface area contributed by atoms with Gasteiger partial charge in [0.15, 0.2) is 0 Å². The maximum absolute atomic E-state index is 12.5. The van der Waals surface area contributed by atoms with Gasteiger partial charge in [-0.25, -0.2) is 4.98 Å². The molecule has 0 aliphatic heterocycles. The number of hydrogen-bond donors (Lipinski definition) is 1. The molecule has 0 unspecified atom stereocenters. The van der Waals surface area contributed by atoms with Crippen LogP contribution in [0.25, 0.3) is 10.9 Å². The second-order valence-corrected chi connectivity index (χ2v) is 6.09. The number of anilines is 1.